The zero-order valence-electron chi connectivity index (χ0n) is 27.0. The highest BCUT2D eigenvalue weighted by atomic mass is 16.3. The number of furan rings is 2. The van der Waals surface area contributed by atoms with Crippen LogP contribution < -0.4 is 9.80 Å². The van der Waals surface area contributed by atoms with Crippen LogP contribution in [0.2, 0.25) is 0 Å². The molecule has 0 N–H and O–H groups in total. The fourth-order valence-electron chi connectivity index (χ4n) is 7.35. The maximum atomic E-state index is 6.83. The van der Waals surface area contributed by atoms with E-state index in [1.165, 1.54) is 0 Å². The molecule has 2 aromatic heterocycles. The lowest BCUT2D eigenvalue weighted by Crippen LogP contribution is -2.10. The minimum atomic E-state index is 0.835. The van der Waals surface area contributed by atoms with Crippen LogP contribution in [0, 0.1) is 0 Å². The quantitative estimate of drug-likeness (QED) is 0.181. The third-order valence-corrected chi connectivity index (χ3v) is 9.60. The molecule has 0 bridgehead atoms. The second-order valence-corrected chi connectivity index (χ2v) is 12.6. The Morgan fingerprint density at radius 2 is 0.800 bits per heavy atom. The van der Waals surface area contributed by atoms with Crippen LogP contribution in [0.1, 0.15) is 0 Å². The molecule has 236 valence electrons. The molecule has 0 saturated carbocycles. The van der Waals surface area contributed by atoms with Crippen LogP contribution in [0.25, 0.3) is 54.6 Å². The van der Waals surface area contributed by atoms with Crippen LogP contribution in [0.3, 0.4) is 0 Å². The summed E-state index contributed by atoms with van der Waals surface area (Å²) in [5.41, 5.74) is 9.88. The van der Waals surface area contributed by atoms with E-state index in [0.717, 1.165) is 88.8 Å². The van der Waals surface area contributed by atoms with E-state index in [4.69, 9.17) is 8.83 Å². The lowest BCUT2D eigenvalue weighted by Gasteiger charge is -2.27. The van der Waals surface area contributed by atoms with Crippen LogP contribution in [0.4, 0.5) is 34.1 Å². The summed E-state index contributed by atoms with van der Waals surface area (Å²) < 4.78 is 13.0. The van der Waals surface area contributed by atoms with Gasteiger partial charge in [0, 0.05) is 66.8 Å². The SMILES string of the molecule is c1ccc(N(c2ccc3c(c2)oc2c4ccccc4c(N(c4ccccc4)c4ccccc4)cc32)c2ccc3oc4ccccc4c3c2)cc1. The molecule has 4 heteroatoms. The van der Waals surface area contributed by atoms with Gasteiger partial charge in [0.05, 0.1) is 5.69 Å². The van der Waals surface area contributed by atoms with Crippen molar-refractivity contribution in [1.82, 2.24) is 0 Å². The Labute approximate surface area is 288 Å². The van der Waals surface area contributed by atoms with Gasteiger partial charge in [0.1, 0.15) is 22.3 Å². The first kappa shape index (κ1) is 28.3. The van der Waals surface area contributed by atoms with Crippen molar-refractivity contribution in [3.05, 3.63) is 182 Å². The predicted molar refractivity (Wildman–Crippen MR) is 208 cm³/mol. The van der Waals surface area contributed by atoms with Crippen LogP contribution in [-0.4, -0.2) is 0 Å². The van der Waals surface area contributed by atoms with Gasteiger partial charge in [0.2, 0.25) is 0 Å². The van der Waals surface area contributed by atoms with Gasteiger partial charge in [0.15, 0.2) is 0 Å². The summed E-state index contributed by atoms with van der Waals surface area (Å²) in [5, 5.41) is 6.54. The van der Waals surface area contributed by atoms with Crippen molar-refractivity contribution in [2.24, 2.45) is 0 Å². The van der Waals surface area contributed by atoms with Crippen LogP contribution in [-0.2, 0) is 0 Å². The van der Waals surface area contributed by atoms with Gasteiger partial charge in [-0.2, -0.15) is 0 Å². The van der Waals surface area contributed by atoms with Crippen molar-refractivity contribution in [3.63, 3.8) is 0 Å². The molecule has 0 atom stereocenters. The van der Waals surface area contributed by atoms with Gasteiger partial charge in [0.25, 0.3) is 0 Å². The van der Waals surface area contributed by atoms with Crippen molar-refractivity contribution >= 4 is 88.8 Å². The number of hydrogen-bond donors (Lipinski definition) is 0. The second kappa shape index (κ2) is 11.4. The summed E-state index contributed by atoms with van der Waals surface area (Å²) in [4.78, 5) is 4.62. The number of fused-ring (bicyclic) bond motifs is 8. The number of anilines is 6. The molecule has 50 heavy (non-hydrogen) atoms. The lowest BCUT2D eigenvalue weighted by molar-refractivity contribution is 0.669. The van der Waals surface area contributed by atoms with Gasteiger partial charge in [-0.25, -0.2) is 0 Å². The fourth-order valence-corrected chi connectivity index (χ4v) is 7.35. The third kappa shape index (κ3) is 4.54. The van der Waals surface area contributed by atoms with Gasteiger partial charge in [-0.05, 0) is 78.9 Å². The molecule has 0 aliphatic heterocycles. The minimum absolute atomic E-state index is 0.835. The zero-order valence-corrected chi connectivity index (χ0v) is 27.0. The first-order chi connectivity index (χ1) is 24.8. The normalized spacial score (nSPS) is 11.6. The minimum Gasteiger partial charge on any atom is -0.456 e. The molecule has 10 aromatic rings. The van der Waals surface area contributed by atoms with Gasteiger partial charge < -0.3 is 18.6 Å². The molecule has 0 spiro atoms. The molecule has 0 amide bonds. The molecule has 0 radical (unpaired) electrons. The Morgan fingerprint density at radius 1 is 0.280 bits per heavy atom. The van der Waals surface area contributed by atoms with Crippen molar-refractivity contribution in [3.8, 4) is 0 Å². The van der Waals surface area contributed by atoms with E-state index in [1.807, 2.05) is 18.2 Å². The van der Waals surface area contributed by atoms with Gasteiger partial charge in [-0.15, -0.1) is 0 Å². The molecule has 10 rings (SSSR count). The topological polar surface area (TPSA) is 32.8 Å². The Bertz CT molecular complexity index is 2780. The smallest absolute Gasteiger partial charge is 0.143 e. The number of hydrogen-bond acceptors (Lipinski definition) is 4. The molecule has 2 heterocycles. The highest BCUT2D eigenvalue weighted by molar-refractivity contribution is 6.20. The van der Waals surface area contributed by atoms with E-state index in [-0.39, 0.29) is 0 Å². The highest BCUT2D eigenvalue weighted by Gasteiger charge is 2.21. The van der Waals surface area contributed by atoms with E-state index in [2.05, 4.69) is 174 Å². The first-order valence-electron chi connectivity index (χ1n) is 16.8. The summed E-state index contributed by atoms with van der Waals surface area (Å²) in [7, 11) is 0. The summed E-state index contributed by atoms with van der Waals surface area (Å²) in [6.45, 7) is 0. The molecule has 0 aliphatic carbocycles. The molecule has 0 fully saturated rings. The maximum Gasteiger partial charge on any atom is 0.143 e. The number of benzene rings is 8. The van der Waals surface area contributed by atoms with E-state index in [0.29, 0.717) is 0 Å². The van der Waals surface area contributed by atoms with E-state index >= 15 is 0 Å². The van der Waals surface area contributed by atoms with Crippen LogP contribution in [0.15, 0.2) is 191 Å². The average Bonchev–Trinajstić information content (AvgIpc) is 3.74. The average molecular weight is 643 g/mol. The van der Waals surface area contributed by atoms with Gasteiger partial charge >= 0.3 is 0 Å². The zero-order chi connectivity index (χ0) is 33.0. The monoisotopic (exact) mass is 642 g/mol. The summed E-state index contributed by atoms with van der Waals surface area (Å²) >= 11 is 0. The van der Waals surface area contributed by atoms with Crippen LogP contribution in [0.5, 0.6) is 0 Å². The van der Waals surface area contributed by atoms with Crippen molar-refractivity contribution in [2.75, 3.05) is 9.80 Å². The summed E-state index contributed by atoms with van der Waals surface area (Å²) in [6, 6.07) is 63.6. The largest absolute Gasteiger partial charge is 0.456 e. The predicted octanol–water partition coefficient (Wildman–Crippen LogP) is 13.6. The van der Waals surface area contributed by atoms with E-state index < -0.39 is 0 Å². The Balaban J connectivity index is 1.18. The van der Waals surface area contributed by atoms with Crippen molar-refractivity contribution in [2.45, 2.75) is 0 Å². The van der Waals surface area contributed by atoms with Crippen molar-refractivity contribution in [1.29, 1.82) is 0 Å². The number of rotatable bonds is 6. The van der Waals surface area contributed by atoms with Gasteiger partial charge in [-0.1, -0.05) is 97.1 Å². The Hall–Kier alpha value is -6.78. The Kier molecular flexibility index (Phi) is 6.46. The molecule has 8 aromatic carbocycles. The molecule has 0 aliphatic rings. The van der Waals surface area contributed by atoms with Gasteiger partial charge in [-0.3, -0.25) is 0 Å². The maximum absolute atomic E-state index is 6.83. The van der Waals surface area contributed by atoms with E-state index in [9.17, 15) is 0 Å². The van der Waals surface area contributed by atoms with Crippen molar-refractivity contribution < 1.29 is 8.83 Å². The molecule has 4 nitrogen and oxygen atoms in total. The number of nitrogens with zero attached hydrogens (tertiary/aromatic N) is 2. The molecular weight excluding hydrogens is 613 g/mol. The summed E-state index contributed by atoms with van der Waals surface area (Å²) in [6.07, 6.45) is 0. The number of para-hydroxylation sites is 4. The highest BCUT2D eigenvalue weighted by Crippen LogP contribution is 2.46. The Morgan fingerprint density at radius 3 is 1.50 bits per heavy atom. The van der Waals surface area contributed by atoms with Crippen LogP contribution >= 0.6 is 0 Å². The lowest BCUT2D eigenvalue weighted by atomic mass is 10.0. The van der Waals surface area contributed by atoms with E-state index in [1.54, 1.807) is 0 Å². The second-order valence-electron chi connectivity index (χ2n) is 12.6. The summed E-state index contributed by atoms with van der Waals surface area (Å²) in [5.74, 6) is 0. The third-order valence-electron chi connectivity index (χ3n) is 9.60. The fraction of sp³-hybridized carbons (Fsp3) is 0. The molecule has 0 unspecified atom stereocenters. The standard InChI is InChI=1S/C46H30N2O2/c1-4-14-31(15-5-1)47(34-25-27-44-40(28-34)37-21-12-13-23-43(37)49-44)35-24-26-38-41-30-42(36-20-10-11-22-39(36)46(41)50-45(38)29-35)48(32-16-6-2-7-17-32)33-18-8-3-9-19-33/h1-30H. The molecular formula is C46H30N2O2. The first-order valence-corrected chi connectivity index (χ1v) is 16.8. The molecule has 0 saturated heterocycles.